The summed E-state index contributed by atoms with van der Waals surface area (Å²) in [6.07, 6.45) is 1.82. The van der Waals surface area contributed by atoms with E-state index in [4.69, 9.17) is 10.5 Å². The fourth-order valence-electron chi connectivity index (χ4n) is 3.13. The van der Waals surface area contributed by atoms with Crippen molar-refractivity contribution in [1.29, 1.82) is 0 Å². The fraction of sp³-hybridized carbons (Fsp3) is 0.474. The molecule has 1 aliphatic rings. The summed E-state index contributed by atoms with van der Waals surface area (Å²) in [5, 5.41) is 11.3. The minimum atomic E-state index is -0.427. The van der Waals surface area contributed by atoms with Crippen LogP contribution in [0.4, 0.5) is 0 Å². The van der Waals surface area contributed by atoms with Gasteiger partial charge in [0.2, 0.25) is 5.91 Å². The van der Waals surface area contributed by atoms with Crippen molar-refractivity contribution in [2.45, 2.75) is 45.5 Å². The van der Waals surface area contributed by atoms with E-state index >= 15 is 0 Å². The Morgan fingerprint density at radius 1 is 1.39 bits per heavy atom. The van der Waals surface area contributed by atoms with Gasteiger partial charge in [-0.05, 0) is 31.0 Å². The molecule has 2 heterocycles. The SMILES string of the molecule is CCNC(=NCc1ccc(C(N)=O)cc1)NC1CCc2nc(COC)nn2C1. The van der Waals surface area contributed by atoms with Gasteiger partial charge >= 0.3 is 0 Å². The Kier molecular flexibility index (Phi) is 6.59. The third-order valence-corrected chi connectivity index (χ3v) is 4.52. The lowest BCUT2D eigenvalue weighted by Crippen LogP contribution is -2.47. The number of nitrogens with one attached hydrogen (secondary N) is 2. The lowest BCUT2D eigenvalue weighted by Gasteiger charge is -2.25. The van der Waals surface area contributed by atoms with Crippen LogP contribution >= 0.6 is 0 Å². The second-order valence-electron chi connectivity index (χ2n) is 6.70. The summed E-state index contributed by atoms with van der Waals surface area (Å²) in [5.74, 6) is 2.05. The Morgan fingerprint density at radius 2 is 2.18 bits per heavy atom. The molecule has 28 heavy (non-hydrogen) atoms. The van der Waals surface area contributed by atoms with E-state index in [0.717, 1.165) is 49.1 Å². The molecule has 0 radical (unpaired) electrons. The molecule has 0 spiro atoms. The number of hydrogen-bond acceptors (Lipinski definition) is 5. The summed E-state index contributed by atoms with van der Waals surface area (Å²) >= 11 is 0. The largest absolute Gasteiger partial charge is 0.377 e. The van der Waals surface area contributed by atoms with Crippen molar-refractivity contribution in [3.8, 4) is 0 Å². The number of aryl methyl sites for hydroxylation is 1. The molecule has 0 bridgehead atoms. The van der Waals surface area contributed by atoms with Gasteiger partial charge in [0.25, 0.3) is 0 Å². The molecule has 150 valence electrons. The van der Waals surface area contributed by atoms with Crippen LogP contribution < -0.4 is 16.4 Å². The van der Waals surface area contributed by atoms with Crippen LogP contribution in [0.25, 0.3) is 0 Å². The normalized spacial score (nSPS) is 16.5. The molecule has 1 atom stereocenters. The van der Waals surface area contributed by atoms with Crippen molar-refractivity contribution in [3.63, 3.8) is 0 Å². The molecule has 0 aliphatic carbocycles. The third kappa shape index (κ3) is 5.07. The van der Waals surface area contributed by atoms with Gasteiger partial charge in [-0.25, -0.2) is 14.7 Å². The van der Waals surface area contributed by atoms with Gasteiger partial charge in [0.05, 0.1) is 13.1 Å². The summed E-state index contributed by atoms with van der Waals surface area (Å²) in [6.45, 7) is 4.48. The number of ether oxygens (including phenoxy) is 1. The second kappa shape index (κ2) is 9.32. The van der Waals surface area contributed by atoms with Gasteiger partial charge in [-0.15, -0.1) is 0 Å². The van der Waals surface area contributed by atoms with Gasteiger partial charge in [-0.3, -0.25) is 4.79 Å². The van der Waals surface area contributed by atoms with Crippen LogP contribution in [0.1, 0.15) is 40.9 Å². The number of benzene rings is 1. The topological polar surface area (TPSA) is 119 Å². The molecule has 2 aromatic rings. The Hall–Kier alpha value is -2.94. The maximum atomic E-state index is 11.2. The molecular formula is C19H27N7O2. The molecule has 4 N–H and O–H groups in total. The maximum absolute atomic E-state index is 11.2. The Bertz CT molecular complexity index is 829. The van der Waals surface area contributed by atoms with Gasteiger partial charge in [0.15, 0.2) is 11.8 Å². The molecule has 0 saturated carbocycles. The highest BCUT2D eigenvalue weighted by Crippen LogP contribution is 2.13. The van der Waals surface area contributed by atoms with Crippen LogP contribution in [0.2, 0.25) is 0 Å². The first-order valence-electron chi connectivity index (χ1n) is 9.44. The van der Waals surface area contributed by atoms with Crippen LogP contribution in [0, 0.1) is 0 Å². The Balaban J connectivity index is 1.62. The van der Waals surface area contributed by atoms with Crippen LogP contribution in [0.5, 0.6) is 0 Å². The first-order chi connectivity index (χ1) is 13.6. The van der Waals surface area contributed by atoms with Crippen LogP contribution in [0.3, 0.4) is 0 Å². The highest BCUT2D eigenvalue weighted by Gasteiger charge is 2.22. The van der Waals surface area contributed by atoms with E-state index in [9.17, 15) is 4.79 Å². The number of aromatic nitrogens is 3. The number of carbonyl (C=O) groups excluding carboxylic acids is 1. The van der Waals surface area contributed by atoms with Crippen LogP contribution in [0.15, 0.2) is 29.3 Å². The number of aliphatic imine (C=N–C) groups is 1. The summed E-state index contributed by atoms with van der Waals surface area (Å²) < 4.78 is 7.06. The van der Waals surface area contributed by atoms with E-state index in [2.05, 4.69) is 25.7 Å². The van der Waals surface area contributed by atoms with Gasteiger partial charge in [-0.2, -0.15) is 5.10 Å². The quantitative estimate of drug-likeness (QED) is 0.474. The Labute approximate surface area is 164 Å². The van der Waals surface area contributed by atoms with E-state index < -0.39 is 5.91 Å². The molecule has 1 aromatic heterocycles. The van der Waals surface area contributed by atoms with Crippen molar-refractivity contribution in [3.05, 3.63) is 47.0 Å². The van der Waals surface area contributed by atoms with Crippen molar-refractivity contribution in [2.24, 2.45) is 10.7 Å². The highest BCUT2D eigenvalue weighted by atomic mass is 16.5. The second-order valence-corrected chi connectivity index (χ2v) is 6.70. The number of amides is 1. The van der Waals surface area contributed by atoms with E-state index in [0.29, 0.717) is 18.7 Å². The molecular weight excluding hydrogens is 358 g/mol. The number of nitrogens with two attached hydrogens (primary N) is 1. The summed E-state index contributed by atoms with van der Waals surface area (Å²) in [5.41, 5.74) is 6.78. The molecule has 9 heteroatoms. The van der Waals surface area contributed by atoms with E-state index in [1.807, 2.05) is 23.7 Å². The van der Waals surface area contributed by atoms with Crippen molar-refractivity contribution in [1.82, 2.24) is 25.4 Å². The van der Waals surface area contributed by atoms with Crippen LogP contribution in [-0.2, 0) is 30.9 Å². The third-order valence-electron chi connectivity index (χ3n) is 4.52. The van der Waals surface area contributed by atoms with Crippen molar-refractivity contribution < 1.29 is 9.53 Å². The predicted molar refractivity (Wildman–Crippen MR) is 106 cm³/mol. The number of fused-ring (bicyclic) bond motifs is 1. The number of nitrogens with zero attached hydrogens (tertiary/aromatic N) is 4. The summed E-state index contributed by atoms with van der Waals surface area (Å²) in [6, 6.07) is 7.40. The van der Waals surface area contributed by atoms with E-state index in [1.54, 1.807) is 19.2 Å². The molecule has 1 aliphatic heterocycles. The van der Waals surface area contributed by atoms with Crippen molar-refractivity contribution in [2.75, 3.05) is 13.7 Å². The molecule has 1 unspecified atom stereocenters. The number of primary amides is 1. The standard InChI is InChI=1S/C19H27N7O2/c1-3-21-19(22-10-13-4-6-14(7-5-13)18(20)27)23-15-8-9-17-24-16(12-28-2)25-26(17)11-15/h4-7,15H,3,8-12H2,1-2H3,(H2,20,27)(H2,21,22,23). The molecule has 0 fully saturated rings. The Morgan fingerprint density at radius 3 is 2.86 bits per heavy atom. The minimum absolute atomic E-state index is 0.222. The average molecular weight is 385 g/mol. The van der Waals surface area contributed by atoms with Crippen molar-refractivity contribution >= 4 is 11.9 Å². The summed E-state index contributed by atoms with van der Waals surface area (Å²) in [7, 11) is 1.64. The monoisotopic (exact) mass is 385 g/mol. The maximum Gasteiger partial charge on any atom is 0.248 e. The smallest absolute Gasteiger partial charge is 0.248 e. The average Bonchev–Trinajstić information content (AvgIpc) is 3.08. The van der Waals surface area contributed by atoms with Gasteiger partial charge in [0, 0.05) is 31.7 Å². The van der Waals surface area contributed by atoms with Crippen LogP contribution in [-0.4, -0.2) is 46.3 Å². The van der Waals surface area contributed by atoms with Gasteiger partial charge in [-0.1, -0.05) is 12.1 Å². The predicted octanol–water partition coefficient (Wildman–Crippen LogP) is 0.594. The minimum Gasteiger partial charge on any atom is -0.377 e. The number of rotatable bonds is 7. The number of methoxy groups -OCH3 is 1. The zero-order valence-corrected chi connectivity index (χ0v) is 16.3. The highest BCUT2D eigenvalue weighted by molar-refractivity contribution is 5.92. The van der Waals surface area contributed by atoms with E-state index in [1.165, 1.54) is 0 Å². The molecule has 9 nitrogen and oxygen atoms in total. The molecule has 3 rings (SSSR count). The van der Waals surface area contributed by atoms with Gasteiger partial charge in [0.1, 0.15) is 12.4 Å². The first-order valence-corrected chi connectivity index (χ1v) is 9.44. The molecule has 1 amide bonds. The molecule has 0 saturated heterocycles. The fourth-order valence-corrected chi connectivity index (χ4v) is 3.13. The first kappa shape index (κ1) is 19.8. The molecule has 1 aromatic carbocycles. The summed E-state index contributed by atoms with van der Waals surface area (Å²) in [4.78, 5) is 20.3. The number of carbonyl (C=O) groups is 1. The zero-order chi connectivity index (χ0) is 19.9. The van der Waals surface area contributed by atoms with Gasteiger partial charge < -0.3 is 21.1 Å². The lowest BCUT2D eigenvalue weighted by molar-refractivity contribution is 0.100. The van der Waals surface area contributed by atoms with E-state index in [-0.39, 0.29) is 6.04 Å². The number of hydrogen-bond donors (Lipinski definition) is 3. The lowest BCUT2D eigenvalue weighted by atomic mass is 10.1. The zero-order valence-electron chi connectivity index (χ0n) is 16.3. The number of guanidine groups is 1.